The second kappa shape index (κ2) is 6.81. The molecule has 1 radical (unpaired) electrons. The van der Waals surface area contributed by atoms with Crippen molar-refractivity contribution in [1.82, 2.24) is 4.31 Å². The van der Waals surface area contributed by atoms with Gasteiger partial charge in [-0.25, -0.2) is 8.42 Å². The maximum absolute atomic E-state index is 13.0. The molecule has 1 aromatic rings. The third-order valence-electron chi connectivity index (χ3n) is 4.42. The smallest absolute Gasteiger partial charge is 0.243 e. The Hall–Kier alpha value is -1.72. The van der Waals surface area contributed by atoms with E-state index < -0.39 is 21.4 Å². The van der Waals surface area contributed by atoms with Gasteiger partial charge in [0.2, 0.25) is 16.3 Å². The number of allylic oxidation sites excluding steroid dienone is 4. The van der Waals surface area contributed by atoms with E-state index in [1.54, 1.807) is 36.4 Å². The van der Waals surface area contributed by atoms with Crippen LogP contribution in [0.4, 0.5) is 0 Å². The van der Waals surface area contributed by atoms with E-state index in [-0.39, 0.29) is 4.90 Å². The van der Waals surface area contributed by atoms with Gasteiger partial charge in [0.05, 0.1) is 10.8 Å². The van der Waals surface area contributed by atoms with E-state index in [1.807, 2.05) is 39.2 Å². The Kier molecular flexibility index (Phi) is 5.22. The van der Waals surface area contributed by atoms with E-state index in [0.29, 0.717) is 18.7 Å². The largest absolute Gasteiger partial charge is 0.290 e. The Morgan fingerprint density at radius 2 is 1.83 bits per heavy atom. The van der Waals surface area contributed by atoms with Crippen LogP contribution in [0.3, 0.4) is 0 Å². The third-order valence-corrected chi connectivity index (χ3v) is 6.53. The first-order chi connectivity index (χ1) is 10.9. The summed E-state index contributed by atoms with van der Waals surface area (Å²) in [7, 11) is -3.61. The molecule has 23 heavy (non-hydrogen) atoms. The summed E-state index contributed by atoms with van der Waals surface area (Å²) in [5.74, 6) is -0.513. The zero-order valence-corrected chi connectivity index (χ0v) is 14.5. The molecule has 1 aliphatic rings. The topological polar surface area (TPSA) is 54.5 Å². The molecule has 0 saturated heterocycles. The molecule has 0 fully saturated rings. The highest BCUT2D eigenvalue weighted by molar-refractivity contribution is 7.89. The zero-order valence-electron chi connectivity index (χ0n) is 13.7. The average molecular weight is 332 g/mol. The molecule has 4 nitrogen and oxygen atoms in total. The number of benzene rings is 1. The van der Waals surface area contributed by atoms with Gasteiger partial charge in [-0.05, 0) is 11.6 Å². The number of rotatable bonds is 6. The highest BCUT2D eigenvalue weighted by Crippen LogP contribution is 2.39. The van der Waals surface area contributed by atoms with Crippen LogP contribution < -0.4 is 0 Å². The van der Waals surface area contributed by atoms with Crippen molar-refractivity contribution < 1.29 is 13.2 Å². The van der Waals surface area contributed by atoms with Gasteiger partial charge in [-0.15, -0.1) is 0 Å². The summed E-state index contributed by atoms with van der Waals surface area (Å²) in [6.45, 7) is 6.32. The average Bonchev–Trinajstić information content (AvgIpc) is 2.56. The standard InChI is InChI=1S/C18H22NO3S/c1-4-19(5-2)23(21,22)17-12-7-6-11-16(17)18(3)13-9-8-10-15(18)14-20/h6-13,15H,4-5H2,1-3H3. The number of hydrogen-bond donors (Lipinski definition) is 0. The van der Waals surface area contributed by atoms with Crippen molar-refractivity contribution in [3.05, 3.63) is 54.1 Å². The number of carbonyl (C=O) groups excluding carboxylic acids is 1. The Balaban J connectivity index is 2.65. The fraction of sp³-hybridized carbons (Fsp3) is 0.389. The predicted octanol–water partition coefficient (Wildman–Crippen LogP) is 2.83. The third kappa shape index (κ3) is 3.03. The van der Waals surface area contributed by atoms with Gasteiger partial charge in [0, 0.05) is 18.5 Å². The lowest BCUT2D eigenvalue weighted by Crippen LogP contribution is -2.36. The van der Waals surface area contributed by atoms with Crippen molar-refractivity contribution >= 4 is 16.3 Å². The second-order valence-corrected chi connectivity index (χ2v) is 7.61. The molecule has 2 unspecified atom stereocenters. The number of sulfonamides is 1. The maximum atomic E-state index is 13.0. The van der Waals surface area contributed by atoms with Gasteiger partial charge >= 0.3 is 0 Å². The van der Waals surface area contributed by atoms with Crippen LogP contribution in [-0.4, -0.2) is 32.1 Å². The van der Waals surface area contributed by atoms with Gasteiger partial charge in [-0.2, -0.15) is 4.31 Å². The lowest BCUT2D eigenvalue weighted by atomic mass is 9.70. The van der Waals surface area contributed by atoms with E-state index in [9.17, 15) is 13.2 Å². The SMILES string of the molecule is CCN(CC)S(=O)(=O)c1ccccc1C1(C)C=CC=CC1[C]=O. The zero-order chi connectivity index (χ0) is 17.1. The van der Waals surface area contributed by atoms with Gasteiger partial charge < -0.3 is 0 Å². The molecule has 0 aliphatic heterocycles. The van der Waals surface area contributed by atoms with E-state index in [4.69, 9.17) is 0 Å². The number of nitrogens with zero attached hydrogens (tertiary/aromatic N) is 1. The molecule has 123 valence electrons. The van der Waals surface area contributed by atoms with Gasteiger partial charge in [0.25, 0.3) is 0 Å². The first-order valence-corrected chi connectivity index (χ1v) is 9.19. The van der Waals surface area contributed by atoms with Crippen LogP contribution in [0.1, 0.15) is 26.3 Å². The summed E-state index contributed by atoms with van der Waals surface area (Å²) in [4.78, 5) is 11.6. The monoisotopic (exact) mass is 332 g/mol. The van der Waals surface area contributed by atoms with Crippen LogP contribution in [-0.2, 0) is 20.2 Å². The summed E-state index contributed by atoms with van der Waals surface area (Å²) >= 11 is 0. The normalized spacial score (nSPS) is 24.1. The summed E-state index contributed by atoms with van der Waals surface area (Å²) in [6, 6.07) is 6.91. The molecule has 2 atom stereocenters. The van der Waals surface area contributed by atoms with Crippen molar-refractivity contribution in [1.29, 1.82) is 0 Å². The summed E-state index contributed by atoms with van der Waals surface area (Å²) in [6.07, 6.45) is 9.30. The van der Waals surface area contributed by atoms with Crippen LogP contribution in [0.5, 0.6) is 0 Å². The summed E-state index contributed by atoms with van der Waals surface area (Å²) in [5.41, 5.74) is -0.103. The Labute approximate surface area is 138 Å². The second-order valence-electron chi connectivity index (χ2n) is 5.71. The Morgan fingerprint density at radius 3 is 2.43 bits per heavy atom. The first-order valence-electron chi connectivity index (χ1n) is 7.75. The molecular weight excluding hydrogens is 310 g/mol. The molecule has 0 saturated carbocycles. The Morgan fingerprint density at radius 1 is 1.17 bits per heavy atom. The van der Waals surface area contributed by atoms with Crippen molar-refractivity contribution in [3.8, 4) is 0 Å². The Bertz CT molecular complexity index is 732. The highest BCUT2D eigenvalue weighted by atomic mass is 32.2. The summed E-state index contributed by atoms with van der Waals surface area (Å²) in [5, 5.41) is 0. The first kappa shape index (κ1) is 17.6. The van der Waals surface area contributed by atoms with Crippen LogP contribution in [0, 0.1) is 5.92 Å². The minimum Gasteiger partial charge on any atom is -0.290 e. The fourth-order valence-corrected chi connectivity index (χ4v) is 4.77. The highest BCUT2D eigenvalue weighted by Gasteiger charge is 2.38. The lowest BCUT2D eigenvalue weighted by molar-refractivity contribution is 0.436. The van der Waals surface area contributed by atoms with Gasteiger partial charge in [0.15, 0.2) is 0 Å². The van der Waals surface area contributed by atoms with Crippen molar-refractivity contribution in [3.63, 3.8) is 0 Å². The molecule has 5 heteroatoms. The van der Waals surface area contributed by atoms with E-state index in [1.165, 1.54) is 4.31 Å². The predicted molar refractivity (Wildman–Crippen MR) is 91.4 cm³/mol. The van der Waals surface area contributed by atoms with Crippen LogP contribution in [0.2, 0.25) is 0 Å². The van der Waals surface area contributed by atoms with Crippen LogP contribution in [0.25, 0.3) is 0 Å². The number of hydrogen-bond acceptors (Lipinski definition) is 3. The van der Waals surface area contributed by atoms with Gasteiger partial charge in [-0.3, -0.25) is 4.79 Å². The van der Waals surface area contributed by atoms with Crippen molar-refractivity contribution in [2.75, 3.05) is 13.1 Å². The maximum Gasteiger partial charge on any atom is 0.243 e. The molecule has 0 N–H and O–H groups in total. The fourth-order valence-electron chi connectivity index (χ4n) is 2.99. The quantitative estimate of drug-likeness (QED) is 0.805. The van der Waals surface area contributed by atoms with Crippen LogP contribution in [0.15, 0.2) is 53.5 Å². The molecule has 0 heterocycles. The van der Waals surface area contributed by atoms with Gasteiger partial charge in [0.1, 0.15) is 0 Å². The summed E-state index contributed by atoms with van der Waals surface area (Å²) < 4.78 is 27.4. The lowest BCUT2D eigenvalue weighted by Gasteiger charge is -2.34. The van der Waals surface area contributed by atoms with E-state index in [2.05, 4.69) is 0 Å². The van der Waals surface area contributed by atoms with E-state index in [0.717, 1.165) is 0 Å². The molecule has 0 amide bonds. The molecule has 1 aromatic carbocycles. The minimum atomic E-state index is -3.61. The van der Waals surface area contributed by atoms with E-state index >= 15 is 0 Å². The molecule has 2 rings (SSSR count). The van der Waals surface area contributed by atoms with Crippen molar-refractivity contribution in [2.24, 2.45) is 5.92 Å². The minimum absolute atomic E-state index is 0.256. The molecule has 0 spiro atoms. The molecule has 0 bridgehead atoms. The molecule has 1 aliphatic carbocycles. The van der Waals surface area contributed by atoms with Gasteiger partial charge in [-0.1, -0.05) is 63.3 Å². The molecule has 0 aromatic heterocycles. The molecular formula is C18H22NO3S. The van der Waals surface area contributed by atoms with Crippen LogP contribution >= 0.6 is 0 Å². The van der Waals surface area contributed by atoms with Crippen molar-refractivity contribution in [2.45, 2.75) is 31.1 Å².